The van der Waals surface area contributed by atoms with Gasteiger partial charge >= 0.3 is 0 Å². The lowest BCUT2D eigenvalue weighted by atomic mass is 10.1. The van der Waals surface area contributed by atoms with Crippen LogP contribution in [0.3, 0.4) is 0 Å². The van der Waals surface area contributed by atoms with E-state index in [9.17, 15) is 14.0 Å². The molecule has 0 radical (unpaired) electrons. The fraction of sp³-hybridized carbons (Fsp3) is 0.0526. The molecule has 144 valence electrons. The van der Waals surface area contributed by atoms with Crippen molar-refractivity contribution in [2.75, 3.05) is 10.6 Å². The van der Waals surface area contributed by atoms with Crippen LogP contribution in [0, 0.1) is 5.82 Å². The van der Waals surface area contributed by atoms with Gasteiger partial charge in [0.25, 0.3) is 11.8 Å². The Labute approximate surface area is 179 Å². The van der Waals surface area contributed by atoms with Gasteiger partial charge in [-0.3, -0.25) is 9.59 Å². The largest absolute Gasteiger partial charge is 0.322 e. The second kappa shape index (κ2) is 8.92. The first-order chi connectivity index (χ1) is 13.4. The van der Waals surface area contributed by atoms with Crippen molar-refractivity contribution in [1.29, 1.82) is 0 Å². The highest BCUT2D eigenvalue weighted by atomic mass is 35.5. The molecule has 1 aromatic heterocycles. The fourth-order valence-electron chi connectivity index (χ4n) is 2.35. The summed E-state index contributed by atoms with van der Waals surface area (Å²) in [5, 5.41) is 7.69. The Morgan fingerprint density at radius 2 is 1.71 bits per heavy atom. The number of thiophene rings is 1. The molecule has 0 aliphatic heterocycles. The molecule has 0 saturated carbocycles. The van der Waals surface area contributed by atoms with E-state index >= 15 is 0 Å². The van der Waals surface area contributed by atoms with E-state index in [-0.39, 0.29) is 27.0 Å². The Morgan fingerprint density at radius 1 is 1.00 bits per heavy atom. The molecule has 3 rings (SSSR count). The van der Waals surface area contributed by atoms with E-state index in [0.717, 1.165) is 23.5 Å². The molecule has 1 heterocycles. The van der Waals surface area contributed by atoms with Crippen molar-refractivity contribution in [2.45, 2.75) is 5.88 Å². The van der Waals surface area contributed by atoms with Gasteiger partial charge in [-0.15, -0.1) is 22.9 Å². The third kappa shape index (κ3) is 4.64. The van der Waals surface area contributed by atoms with Crippen molar-refractivity contribution in [3.63, 3.8) is 0 Å². The standard InChI is InChI=1S/C19H12Cl3FN2O2S/c20-8-10-9-28-17(16(10)22)19(27)25-15-6-3-12(23)7-14(15)18(26)24-13-4-1-11(21)2-5-13/h1-7,9H,8H2,(H,24,26)(H,25,27). The number of carbonyl (C=O) groups is 2. The van der Waals surface area contributed by atoms with E-state index in [1.54, 1.807) is 29.6 Å². The Bertz CT molecular complexity index is 1040. The van der Waals surface area contributed by atoms with E-state index in [1.165, 1.54) is 6.07 Å². The van der Waals surface area contributed by atoms with E-state index in [0.29, 0.717) is 16.3 Å². The van der Waals surface area contributed by atoms with E-state index < -0.39 is 17.6 Å². The number of halogens is 4. The molecule has 28 heavy (non-hydrogen) atoms. The SMILES string of the molecule is O=C(Nc1ccc(Cl)cc1)c1cc(F)ccc1NC(=O)c1scc(CCl)c1Cl. The third-order valence-electron chi connectivity index (χ3n) is 3.73. The highest BCUT2D eigenvalue weighted by Crippen LogP contribution is 2.30. The monoisotopic (exact) mass is 456 g/mol. The van der Waals surface area contributed by atoms with Crippen molar-refractivity contribution >= 4 is 69.3 Å². The number of hydrogen-bond acceptors (Lipinski definition) is 3. The number of carbonyl (C=O) groups excluding carboxylic acids is 2. The smallest absolute Gasteiger partial charge is 0.267 e. The normalized spacial score (nSPS) is 10.6. The Balaban J connectivity index is 1.85. The van der Waals surface area contributed by atoms with Gasteiger partial charge in [-0.25, -0.2) is 4.39 Å². The first-order valence-electron chi connectivity index (χ1n) is 7.88. The van der Waals surface area contributed by atoms with Crippen LogP contribution in [-0.2, 0) is 5.88 Å². The topological polar surface area (TPSA) is 58.2 Å². The summed E-state index contributed by atoms with van der Waals surface area (Å²) in [4.78, 5) is 25.4. The number of amides is 2. The Morgan fingerprint density at radius 3 is 2.36 bits per heavy atom. The van der Waals surface area contributed by atoms with E-state index in [4.69, 9.17) is 34.8 Å². The summed E-state index contributed by atoms with van der Waals surface area (Å²) >= 11 is 18.9. The van der Waals surface area contributed by atoms with Gasteiger partial charge in [0.1, 0.15) is 10.7 Å². The third-order valence-corrected chi connectivity index (χ3v) is 5.84. The van der Waals surface area contributed by atoms with Crippen LogP contribution < -0.4 is 10.6 Å². The maximum Gasteiger partial charge on any atom is 0.267 e. The molecule has 0 spiro atoms. The molecule has 9 heteroatoms. The molecule has 2 amide bonds. The average Bonchev–Trinajstić information content (AvgIpc) is 3.05. The number of benzene rings is 2. The number of hydrogen-bond donors (Lipinski definition) is 2. The van der Waals surface area contributed by atoms with E-state index in [2.05, 4.69) is 10.6 Å². The van der Waals surface area contributed by atoms with Gasteiger partial charge < -0.3 is 10.6 Å². The summed E-state index contributed by atoms with van der Waals surface area (Å²) in [7, 11) is 0. The Hall–Kier alpha value is -2.12. The van der Waals surface area contributed by atoms with Crippen molar-refractivity contribution in [2.24, 2.45) is 0 Å². The van der Waals surface area contributed by atoms with Gasteiger partial charge in [-0.05, 0) is 53.4 Å². The van der Waals surface area contributed by atoms with Crippen LogP contribution in [0.15, 0.2) is 47.8 Å². The van der Waals surface area contributed by atoms with Gasteiger partial charge in [-0.1, -0.05) is 23.2 Å². The van der Waals surface area contributed by atoms with Crippen LogP contribution in [0.4, 0.5) is 15.8 Å². The van der Waals surface area contributed by atoms with Crippen molar-refractivity contribution < 1.29 is 14.0 Å². The molecule has 0 aliphatic carbocycles. The molecule has 0 saturated heterocycles. The minimum absolute atomic E-state index is 0.0338. The lowest BCUT2D eigenvalue weighted by Gasteiger charge is -2.12. The van der Waals surface area contributed by atoms with Crippen LogP contribution in [0.1, 0.15) is 25.6 Å². The summed E-state index contributed by atoms with van der Waals surface area (Å²) in [5.41, 5.74) is 1.23. The molecule has 0 atom stereocenters. The second-order valence-electron chi connectivity index (χ2n) is 5.64. The van der Waals surface area contributed by atoms with Gasteiger partial charge in [0, 0.05) is 16.6 Å². The molecular formula is C19H12Cl3FN2O2S. The van der Waals surface area contributed by atoms with Crippen LogP contribution in [0.2, 0.25) is 10.0 Å². The van der Waals surface area contributed by atoms with Gasteiger partial charge in [0.2, 0.25) is 0 Å². The highest BCUT2D eigenvalue weighted by Gasteiger charge is 2.20. The summed E-state index contributed by atoms with van der Waals surface area (Å²) in [6.07, 6.45) is 0. The van der Waals surface area contributed by atoms with Crippen molar-refractivity contribution in [3.05, 3.63) is 79.7 Å². The number of anilines is 2. The minimum Gasteiger partial charge on any atom is -0.322 e. The molecule has 2 N–H and O–H groups in total. The second-order valence-corrected chi connectivity index (χ2v) is 7.60. The number of rotatable bonds is 5. The zero-order valence-corrected chi connectivity index (χ0v) is 17.1. The summed E-state index contributed by atoms with van der Waals surface area (Å²) in [5.74, 6) is -1.54. The molecule has 0 fully saturated rings. The Kier molecular flexibility index (Phi) is 6.57. The first-order valence-corrected chi connectivity index (χ1v) is 10.1. The summed E-state index contributed by atoms with van der Waals surface area (Å²) < 4.78 is 13.7. The van der Waals surface area contributed by atoms with Crippen LogP contribution in [0.5, 0.6) is 0 Å². The van der Waals surface area contributed by atoms with Crippen molar-refractivity contribution in [1.82, 2.24) is 0 Å². The van der Waals surface area contributed by atoms with Gasteiger partial charge in [-0.2, -0.15) is 0 Å². The molecule has 2 aromatic carbocycles. The molecule has 0 bridgehead atoms. The highest BCUT2D eigenvalue weighted by molar-refractivity contribution is 7.13. The zero-order valence-electron chi connectivity index (χ0n) is 14.1. The lowest BCUT2D eigenvalue weighted by molar-refractivity contribution is 0.102. The van der Waals surface area contributed by atoms with Gasteiger partial charge in [0.15, 0.2) is 0 Å². The molecule has 0 aliphatic rings. The average molecular weight is 458 g/mol. The number of nitrogens with one attached hydrogen (secondary N) is 2. The predicted molar refractivity (Wildman–Crippen MR) is 113 cm³/mol. The van der Waals surface area contributed by atoms with E-state index in [1.807, 2.05) is 0 Å². The van der Waals surface area contributed by atoms with Crippen LogP contribution >= 0.6 is 46.1 Å². The molecule has 0 unspecified atom stereocenters. The zero-order chi connectivity index (χ0) is 20.3. The first kappa shape index (κ1) is 20.6. The molecule has 4 nitrogen and oxygen atoms in total. The quantitative estimate of drug-likeness (QED) is 0.433. The maximum atomic E-state index is 13.7. The maximum absolute atomic E-state index is 13.7. The van der Waals surface area contributed by atoms with Gasteiger partial charge in [0.05, 0.1) is 16.3 Å². The summed E-state index contributed by atoms with van der Waals surface area (Å²) in [6, 6.07) is 9.94. The molecular weight excluding hydrogens is 446 g/mol. The van der Waals surface area contributed by atoms with Crippen LogP contribution in [0.25, 0.3) is 0 Å². The van der Waals surface area contributed by atoms with Crippen molar-refractivity contribution in [3.8, 4) is 0 Å². The molecule has 3 aromatic rings. The van der Waals surface area contributed by atoms with Crippen LogP contribution in [-0.4, -0.2) is 11.8 Å². The lowest BCUT2D eigenvalue weighted by Crippen LogP contribution is -2.18. The predicted octanol–water partition coefficient (Wildman–Crippen LogP) is 6.44. The minimum atomic E-state index is -0.613. The summed E-state index contributed by atoms with van der Waals surface area (Å²) in [6.45, 7) is 0. The fourth-order valence-corrected chi connectivity index (χ4v) is 4.10. The number of alkyl halides is 1.